The highest BCUT2D eigenvalue weighted by atomic mass is 19.1. The summed E-state index contributed by atoms with van der Waals surface area (Å²) in [6.45, 7) is 0. The molecular weight excluding hydrogens is 152 g/mol. The van der Waals surface area contributed by atoms with Crippen molar-refractivity contribution >= 4 is 0 Å². The van der Waals surface area contributed by atoms with Gasteiger partial charge >= 0.3 is 0 Å². The summed E-state index contributed by atoms with van der Waals surface area (Å²) in [5.74, 6) is -2.71. The number of benzene rings is 1. The van der Waals surface area contributed by atoms with Crippen LogP contribution in [0, 0.1) is 23.0 Å². The van der Waals surface area contributed by atoms with Crippen molar-refractivity contribution in [2.75, 3.05) is 0 Å². The van der Waals surface area contributed by atoms with E-state index in [1.165, 1.54) is 6.07 Å². The number of hydrogen-bond acceptors (Lipinski definition) is 2. The molecule has 0 aliphatic carbocycles. The van der Waals surface area contributed by atoms with Crippen molar-refractivity contribution in [3.8, 4) is 11.8 Å². The first kappa shape index (κ1) is 7.48. The number of nitrogens with zero attached hydrogens (tertiary/aromatic N) is 1. The molecule has 0 unspecified atom stereocenters. The second kappa shape index (κ2) is 2.54. The smallest absolute Gasteiger partial charge is 0.166 e. The predicted molar refractivity (Wildman–Crippen MR) is 32.7 cm³/mol. The SMILES string of the molecule is N#Cc1cc(F)c(O)cc1F. The number of phenolic OH excluding ortho intramolecular Hbond substituents is 1. The second-order valence-electron chi connectivity index (χ2n) is 1.90. The maximum Gasteiger partial charge on any atom is 0.166 e. The lowest BCUT2D eigenvalue weighted by Crippen LogP contribution is -1.85. The van der Waals surface area contributed by atoms with Gasteiger partial charge in [-0.25, -0.2) is 8.78 Å². The van der Waals surface area contributed by atoms with Gasteiger partial charge in [0.2, 0.25) is 0 Å². The Kier molecular flexibility index (Phi) is 1.73. The fourth-order valence-corrected chi connectivity index (χ4v) is 0.622. The summed E-state index contributed by atoms with van der Waals surface area (Å²) >= 11 is 0. The molecule has 1 aromatic carbocycles. The zero-order chi connectivity index (χ0) is 8.43. The van der Waals surface area contributed by atoms with E-state index in [1.807, 2.05) is 0 Å². The summed E-state index contributed by atoms with van der Waals surface area (Å²) in [7, 11) is 0. The molecule has 0 aliphatic rings. The minimum Gasteiger partial charge on any atom is -0.505 e. The third-order valence-corrected chi connectivity index (χ3v) is 1.16. The molecule has 0 spiro atoms. The summed E-state index contributed by atoms with van der Waals surface area (Å²) < 4.78 is 24.9. The zero-order valence-electron chi connectivity index (χ0n) is 5.31. The maximum atomic E-state index is 12.5. The number of halogens is 2. The summed E-state index contributed by atoms with van der Waals surface area (Å²) in [6.07, 6.45) is 0. The van der Waals surface area contributed by atoms with Crippen molar-refractivity contribution in [3.05, 3.63) is 29.3 Å². The molecule has 0 radical (unpaired) electrons. The molecule has 1 aromatic rings. The predicted octanol–water partition coefficient (Wildman–Crippen LogP) is 1.54. The quantitative estimate of drug-likeness (QED) is 0.617. The first-order valence-corrected chi connectivity index (χ1v) is 2.73. The molecule has 11 heavy (non-hydrogen) atoms. The Hall–Kier alpha value is -1.63. The molecule has 4 heteroatoms. The first-order valence-electron chi connectivity index (χ1n) is 2.73. The van der Waals surface area contributed by atoms with E-state index in [0.717, 1.165) is 0 Å². The number of rotatable bonds is 0. The zero-order valence-corrected chi connectivity index (χ0v) is 5.31. The summed E-state index contributed by atoms with van der Waals surface area (Å²) in [4.78, 5) is 0. The largest absolute Gasteiger partial charge is 0.505 e. The second-order valence-corrected chi connectivity index (χ2v) is 1.90. The van der Waals surface area contributed by atoms with Crippen LogP contribution >= 0.6 is 0 Å². The van der Waals surface area contributed by atoms with Crippen LogP contribution in [0.25, 0.3) is 0 Å². The van der Waals surface area contributed by atoms with Gasteiger partial charge in [0.1, 0.15) is 11.9 Å². The van der Waals surface area contributed by atoms with Gasteiger partial charge in [0, 0.05) is 6.07 Å². The minimum absolute atomic E-state index is 0.416. The monoisotopic (exact) mass is 155 g/mol. The molecule has 0 bridgehead atoms. The van der Waals surface area contributed by atoms with E-state index in [1.54, 1.807) is 0 Å². The highest BCUT2D eigenvalue weighted by Crippen LogP contribution is 2.18. The van der Waals surface area contributed by atoms with Crippen molar-refractivity contribution in [2.45, 2.75) is 0 Å². The van der Waals surface area contributed by atoms with E-state index >= 15 is 0 Å². The van der Waals surface area contributed by atoms with Crippen molar-refractivity contribution in [2.24, 2.45) is 0 Å². The third kappa shape index (κ3) is 1.27. The number of aromatic hydroxyl groups is 1. The van der Waals surface area contributed by atoms with Gasteiger partial charge in [-0.2, -0.15) is 5.26 Å². The van der Waals surface area contributed by atoms with E-state index in [4.69, 9.17) is 10.4 Å². The maximum absolute atomic E-state index is 12.5. The number of nitriles is 1. The van der Waals surface area contributed by atoms with Crippen LogP contribution in [0.4, 0.5) is 8.78 Å². The van der Waals surface area contributed by atoms with Gasteiger partial charge < -0.3 is 5.11 Å². The molecule has 0 heterocycles. The summed E-state index contributed by atoms with van der Waals surface area (Å²) in [5.41, 5.74) is -0.416. The molecule has 0 fully saturated rings. The van der Waals surface area contributed by atoms with Crippen LogP contribution in [0.1, 0.15) is 5.56 Å². The van der Waals surface area contributed by atoms with Gasteiger partial charge in [0.15, 0.2) is 11.6 Å². The van der Waals surface area contributed by atoms with Crippen molar-refractivity contribution in [1.82, 2.24) is 0 Å². The van der Waals surface area contributed by atoms with Crippen LogP contribution in [-0.2, 0) is 0 Å². The molecule has 0 saturated heterocycles. The molecule has 1 rings (SSSR count). The van der Waals surface area contributed by atoms with Gasteiger partial charge in [-0.3, -0.25) is 0 Å². The minimum atomic E-state index is -0.997. The Bertz CT molecular complexity index is 330. The molecule has 0 aliphatic heterocycles. The first-order chi connectivity index (χ1) is 5.15. The topological polar surface area (TPSA) is 44.0 Å². The van der Waals surface area contributed by atoms with Crippen LogP contribution in [0.3, 0.4) is 0 Å². The van der Waals surface area contributed by atoms with E-state index in [9.17, 15) is 8.78 Å². The van der Waals surface area contributed by atoms with E-state index in [0.29, 0.717) is 12.1 Å². The fourth-order valence-electron chi connectivity index (χ4n) is 0.622. The average Bonchev–Trinajstić information content (AvgIpc) is 1.97. The molecule has 1 N–H and O–H groups in total. The van der Waals surface area contributed by atoms with Crippen LogP contribution in [0.2, 0.25) is 0 Å². The molecule has 2 nitrogen and oxygen atoms in total. The van der Waals surface area contributed by atoms with Crippen LogP contribution in [0.15, 0.2) is 12.1 Å². The Morgan fingerprint density at radius 2 is 1.91 bits per heavy atom. The summed E-state index contributed by atoms with van der Waals surface area (Å²) in [6, 6.07) is 2.64. The Morgan fingerprint density at radius 3 is 2.45 bits per heavy atom. The highest BCUT2D eigenvalue weighted by molar-refractivity contribution is 5.36. The highest BCUT2D eigenvalue weighted by Gasteiger charge is 2.07. The van der Waals surface area contributed by atoms with Crippen molar-refractivity contribution in [3.63, 3.8) is 0 Å². The van der Waals surface area contributed by atoms with Gasteiger partial charge in [-0.15, -0.1) is 0 Å². The third-order valence-electron chi connectivity index (χ3n) is 1.16. The normalized spacial score (nSPS) is 9.18. The molecule has 0 atom stereocenters. The van der Waals surface area contributed by atoms with Crippen LogP contribution < -0.4 is 0 Å². The molecule has 56 valence electrons. The summed E-state index contributed by atoms with van der Waals surface area (Å²) in [5, 5.41) is 16.8. The van der Waals surface area contributed by atoms with Crippen LogP contribution in [-0.4, -0.2) is 5.11 Å². The van der Waals surface area contributed by atoms with Gasteiger partial charge in [-0.05, 0) is 6.07 Å². The molecule has 0 aromatic heterocycles. The number of hydrogen-bond donors (Lipinski definition) is 1. The average molecular weight is 155 g/mol. The van der Waals surface area contributed by atoms with E-state index in [-0.39, 0.29) is 0 Å². The van der Waals surface area contributed by atoms with Gasteiger partial charge in [0.25, 0.3) is 0 Å². The lowest BCUT2D eigenvalue weighted by Gasteiger charge is -1.95. The van der Waals surface area contributed by atoms with Crippen molar-refractivity contribution < 1.29 is 13.9 Å². The van der Waals surface area contributed by atoms with Gasteiger partial charge in [0.05, 0.1) is 5.56 Å². The van der Waals surface area contributed by atoms with E-state index < -0.39 is 22.9 Å². The Morgan fingerprint density at radius 1 is 1.27 bits per heavy atom. The van der Waals surface area contributed by atoms with E-state index in [2.05, 4.69) is 0 Å². The molecule has 0 saturated carbocycles. The van der Waals surface area contributed by atoms with Crippen molar-refractivity contribution in [1.29, 1.82) is 5.26 Å². The molecular formula is C7H3F2NO. The lowest BCUT2D eigenvalue weighted by atomic mass is 10.2. The molecule has 0 amide bonds. The standard InChI is InChI=1S/C7H3F2NO/c8-5-2-7(11)6(9)1-4(5)3-10/h1-2,11H. The lowest BCUT2D eigenvalue weighted by molar-refractivity contribution is 0.426. The Balaban J connectivity index is 3.35. The number of phenols is 1. The fraction of sp³-hybridized carbons (Fsp3) is 0. The van der Waals surface area contributed by atoms with Gasteiger partial charge in [-0.1, -0.05) is 0 Å². The van der Waals surface area contributed by atoms with Crippen LogP contribution in [0.5, 0.6) is 5.75 Å². The Labute approximate surface area is 61.3 Å².